The topological polar surface area (TPSA) is 74.5 Å². The van der Waals surface area contributed by atoms with Crippen LogP contribution in [0.2, 0.25) is 0 Å². The Morgan fingerprint density at radius 2 is 1.78 bits per heavy atom. The second kappa shape index (κ2) is 14.2. The Labute approximate surface area is 295 Å². The molecule has 0 radical (unpaired) electrons. The molecule has 3 aromatic heterocycles. The number of aryl methyl sites for hydroxylation is 2. The fraction of sp³-hybridized carbons (Fsp3) is 0.488. The average molecular weight is 678 g/mol. The number of aromatic nitrogens is 3. The van der Waals surface area contributed by atoms with E-state index in [9.17, 15) is 9.90 Å². The number of nitrogens with zero attached hydrogens (tertiary/aromatic N) is 5. The van der Waals surface area contributed by atoms with E-state index >= 15 is 0 Å². The van der Waals surface area contributed by atoms with Crippen molar-refractivity contribution in [3.05, 3.63) is 64.3 Å². The number of carboxylic acids is 1. The van der Waals surface area contributed by atoms with Crippen LogP contribution in [-0.4, -0.2) is 63.2 Å². The summed E-state index contributed by atoms with van der Waals surface area (Å²) in [5.74, 6) is 0.227. The Hall–Kier alpha value is -3.75. The van der Waals surface area contributed by atoms with Crippen molar-refractivity contribution in [3.8, 4) is 21.8 Å². The number of likely N-dealkylation sites (tertiary alicyclic amines) is 1. The summed E-state index contributed by atoms with van der Waals surface area (Å²) in [5, 5.41) is 13.5. The number of carbonyl (C=O) groups is 1. The minimum Gasteiger partial charge on any atom is -0.478 e. The number of thiazole rings is 1. The first kappa shape index (κ1) is 33.7. The van der Waals surface area contributed by atoms with Gasteiger partial charge in [-0.05, 0) is 113 Å². The van der Waals surface area contributed by atoms with Crippen LogP contribution in [-0.2, 0) is 6.54 Å². The van der Waals surface area contributed by atoms with Gasteiger partial charge in [0.2, 0.25) is 0 Å². The van der Waals surface area contributed by atoms with Gasteiger partial charge in [0, 0.05) is 48.0 Å². The molecule has 5 aromatic rings. The van der Waals surface area contributed by atoms with Crippen LogP contribution in [0.15, 0.2) is 42.5 Å². The quantitative estimate of drug-likeness (QED) is 0.150. The maximum atomic E-state index is 12.2. The van der Waals surface area contributed by atoms with Gasteiger partial charge in [0.15, 0.2) is 0 Å². The SMILES string of the molecule is CCCC(CCC)c1c2n(c3cc(C(=O)O)ccc13)CCN(CCC1CCCN(CC)C1)c1c-2ccc2nc(-c3sc(C)nc3C)ccc12. The smallest absolute Gasteiger partial charge is 0.335 e. The zero-order valence-corrected chi connectivity index (χ0v) is 30.7. The lowest BCUT2D eigenvalue weighted by Gasteiger charge is -2.34. The molecule has 258 valence electrons. The first-order valence-corrected chi connectivity index (χ1v) is 19.4. The van der Waals surface area contributed by atoms with E-state index in [1.807, 2.05) is 6.07 Å². The first-order valence-electron chi connectivity index (χ1n) is 18.6. The molecule has 0 saturated carbocycles. The minimum absolute atomic E-state index is 0.352. The Kier molecular flexibility index (Phi) is 9.80. The molecule has 0 aliphatic carbocycles. The molecular weight excluding hydrogens is 627 g/mol. The van der Waals surface area contributed by atoms with E-state index in [1.165, 1.54) is 59.2 Å². The molecule has 0 spiro atoms. The highest BCUT2D eigenvalue weighted by Gasteiger charge is 2.31. The normalized spacial score (nSPS) is 16.8. The van der Waals surface area contributed by atoms with E-state index < -0.39 is 5.97 Å². The number of anilines is 1. The average Bonchev–Trinajstić information content (AvgIpc) is 3.56. The first-order chi connectivity index (χ1) is 23.8. The molecule has 2 aliphatic rings. The second-order valence-electron chi connectivity index (χ2n) is 14.3. The van der Waals surface area contributed by atoms with E-state index in [2.05, 4.69) is 84.3 Å². The Morgan fingerprint density at radius 1 is 0.980 bits per heavy atom. The van der Waals surface area contributed by atoms with E-state index in [-0.39, 0.29) is 0 Å². The van der Waals surface area contributed by atoms with Crippen molar-refractivity contribution in [2.45, 2.75) is 92.0 Å². The fourth-order valence-electron chi connectivity index (χ4n) is 8.76. The summed E-state index contributed by atoms with van der Waals surface area (Å²) in [6.45, 7) is 17.2. The second-order valence-corrected chi connectivity index (χ2v) is 15.5. The van der Waals surface area contributed by atoms with Crippen LogP contribution in [0.3, 0.4) is 0 Å². The van der Waals surface area contributed by atoms with Crippen molar-refractivity contribution in [2.24, 2.45) is 5.92 Å². The zero-order valence-electron chi connectivity index (χ0n) is 29.9. The van der Waals surface area contributed by atoms with E-state index in [0.717, 1.165) is 90.6 Å². The molecule has 8 heteroatoms. The molecule has 7 rings (SSSR count). The number of piperidine rings is 1. The lowest BCUT2D eigenvalue weighted by atomic mass is 9.86. The van der Waals surface area contributed by atoms with E-state index in [1.54, 1.807) is 17.4 Å². The van der Waals surface area contributed by atoms with Gasteiger partial charge in [0.05, 0.1) is 43.7 Å². The van der Waals surface area contributed by atoms with Crippen LogP contribution < -0.4 is 4.90 Å². The van der Waals surface area contributed by atoms with Crippen molar-refractivity contribution in [2.75, 3.05) is 37.6 Å². The van der Waals surface area contributed by atoms with Crippen molar-refractivity contribution in [1.29, 1.82) is 0 Å². The van der Waals surface area contributed by atoms with Crippen LogP contribution in [0.25, 0.3) is 43.6 Å². The van der Waals surface area contributed by atoms with Gasteiger partial charge in [-0.3, -0.25) is 0 Å². The fourth-order valence-corrected chi connectivity index (χ4v) is 9.65. The number of hydrogen-bond donors (Lipinski definition) is 1. The van der Waals surface area contributed by atoms with Gasteiger partial charge in [-0.25, -0.2) is 14.8 Å². The largest absolute Gasteiger partial charge is 0.478 e. The molecule has 2 aliphatic heterocycles. The third kappa shape index (κ3) is 6.38. The van der Waals surface area contributed by atoms with E-state index in [4.69, 9.17) is 4.98 Å². The Balaban J connectivity index is 1.43. The van der Waals surface area contributed by atoms with Crippen molar-refractivity contribution in [3.63, 3.8) is 0 Å². The highest BCUT2D eigenvalue weighted by atomic mass is 32.1. The minimum atomic E-state index is -0.874. The summed E-state index contributed by atoms with van der Waals surface area (Å²) in [6.07, 6.45) is 8.19. The maximum absolute atomic E-state index is 12.2. The number of pyridine rings is 1. The van der Waals surface area contributed by atoms with Crippen LogP contribution >= 0.6 is 11.3 Å². The van der Waals surface area contributed by atoms with Gasteiger partial charge < -0.3 is 19.5 Å². The van der Waals surface area contributed by atoms with Crippen LogP contribution in [0.4, 0.5) is 5.69 Å². The summed E-state index contributed by atoms with van der Waals surface area (Å²) in [5.41, 5.74) is 9.63. The molecule has 1 N–H and O–H groups in total. The highest BCUT2D eigenvalue weighted by Crippen LogP contribution is 2.48. The van der Waals surface area contributed by atoms with Gasteiger partial charge in [0.25, 0.3) is 0 Å². The third-order valence-corrected chi connectivity index (χ3v) is 12.1. The lowest BCUT2D eigenvalue weighted by molar-refractivity contribution is 0.0697. The molecule has 2 aromatic carbocycles. The molecule has 0 bridgehead atoms. The monoisotopic (exact) mass is 677 g/mol. The highest BCUT2D eigenvalue weighted by molar-refractivity contribution is 7.15. The van der Waals surface area contributed by atoms with Gasteiger partial charge in [-0.15, -0.1) is 11.3 Å². The van der Waals surface area contributed by atoms with Gasteiger partial charge in [0.1, 0.15) is 0 Å². The summed E-state index contributed by atoms with van der Waals surface area (Å²) < 4.78 is 2.46. The maximum Gasteiger partial charge on any atom is 0.335 e. The summed E-state index contributed by atoms with van der Waals surface area (Å²) in [7, 11) is 0. The predicted molar refractivity (Wildman–Crippen MR) is 204 cm³/mol. The number of benzene rings is 2. The number of fused-ring (bicyclic) bond motifs is 7. The number of carboxylic acid groups (broad SMARTS) is 1. The molecule has 1 fully saturated rings. The van der Waals surface area contributed by atoms with Crippen molar-refractivity contribution < 1.29 is 9.90 Å². The number of hydrogen-bond acceptors (Lipinski definition) is 6. The van der Waals surface area contributed by atoms with Gasteiger partial charge >= 0.3 is 5.97 Å². The Bertz CT molecular complexity index is 1990. The molecule has 7 nitrogen and oxygen atoms in total. The molecular formula is C41H51N5O2S. The summed E-state index contributed by atoms with van der Waals surface area (Å²) in [6, 6.07) is 14.8. The van der Waals surface area contributed by atoms with Crippen molar-refractivity contribution in [1.82, 2.24) is 19.4 Å². The lowest BCUT2D eigenvalue weighted by Crippen LogP contribution is -2.37. The Morgan fingerprint density at radius 3 is 2.49 bits per heavy atom. The standard InChI is InChI=1S/C41H51N5O2S/c1-6-10-29(11-7-2)37-32-14-13-30(41(47)48)24-36(32)46-23-22-45(21-19-28-12-9-20-44(8-3)25-28)38-31-15-18-35(40-26(4)42-27(5)49-40)43-34(31)17-16-33(38)39(37)46/h13-18,24,28-29H,6-12,19-23,25H2,1-5H3,(H,47,48). The predicted octanol–water partition coefficient (Wildman–Crippen LogP) is 9.92. The summed E-state index contributed by atoms with van der Waals surface area (Å²) >= 11 is 1.71. The zero-order chi connectivity index (χ0) is 34.2. The number of aromatic carboxylic acids is 1. The third-order valence-electron chi connectivity index (χ3n) is 11.0. The van der Waals surface area contributed by atoms with Gasteiger partial charge in [-0.1, -0.05) is 39.7 Å². The van der Waals surface area contributed by atoms with Crippen LogP contribution in [0.5, 0.6) is 0 Å². The molecule has 1 saturated heterocycles. The number of rotatable bonds is 11. The van der Waals surface area contributed by atoms with Crippen LogP contribution in [0.1, 0.15) is 98.3 Å². The molecule has 1 unspecified atom stereocenters. The molecule has 5 heterocycles. The summed E-state index contributed by atoms with van der Waals surface area (Å²) in [4.78, 5) is 28.6. The molecule has 0 amide bonds. The van der Waals surface area contributed by atoms with Crippen LogP contribution in [0, 0.1) is 19.8 Å². The molecule has 1 atom stereocenters. The van der Waals surface area contributed by atoms with Crippen molar-refractivity contribution >= 4 is 44.8 Å². The molecule has 49 heavy (non-hydrogen) atoms. The van der Waals surface area contributed by atoms with Gasteiger partial charge in [-0.2, -0.15) is 0 Å². The van der Waals surface area contributed by atoms with E-state index in [0.29, 0.717) is 17.4 Å².